The predicted octanol–water partition coefficient (Wildman–Crippen LogP) is 4.01. The molecule has 0 atom stereocenters. The summed E-state index contributed by atoms with van der Waals surface area (Å²) in [6, 6.07) is 8.58. The molecule has 0 aromatic heterocycles. The third-order valence-electron chi connectivity index (χ3n) is 3.62. The van der Waals surface area contributed by atoms with Gasteiger partial charge in [0, 0.05) is 18.1 Å². The van der Waals surface area contributed by atoms with Gasteiger partial charge in [-0.1, -0.05) is 12.1 Å². The molecule has 2 aromatic carbocycles. The molecular weight excluding hydrogens is 316 g/mol. The number of benzene rings is 2. The fourth-order valence-electron chi connectivity index (χ4n) is 2.63. The highest BCUT2D eigenvalue weighted by Gasteiger charge is 2.33. The number of rotatable bonds is 4. The molecule has 3 rings (SSSR count). The van der Waals surface area contributed by atoms with Crippen LogP contribution in [0.2, 0.25) is 0 Å². The van der Waals surface area contributed by atoms with E-state index >= 15 is 0 Å². The monoisotopic (exact) mass is 330 g/mol. The van der Waals surface area contributed by atoms with E-state index in [1.165, 1.54) is 6.07 Å². The van der Waals surface area contributed by atoms with Crippen LogP contribution in [-0.4, -0.2) is 15.4 Å². The van der Waals surface area contributed by atoms with Crippen molar-refractivity contribution in [2.75, 3.05) is 0 Å². The summed E-state index contributed by atoms with van der Waals surface area (Å²) in [6.45, 7) is 3.87. The average molecular weight is 330 g/mol. The third-order valence-corrected chi connectivity index (χ3v) is 3.62. The second-order valence-electron chi connectivity index (χ2n) is 6.05. The van der Waals surface area contributed by atoms with Gasteiger partial charge in [0.2, 0.25) is 5.75 Å². The van der Waals surface area contributed by atoms with Crippen molar-refractivity contribution in [3.05, 3.63) is 62.2 Å². The van der Waals surface area contributed by atoms with E-state index in [0.717, 1.165) is 17.7 Å². The molecule has 0 radical (unpaired) electrons. The quantitative estimate of drug-likeness (QED) is 0.619. The van der Waals surface area contributed by atoms with E-state index in [-0.39, 0.29) is 17.0 Å². The molecule has 0 saturated carbocycles. The lowest BCUT2D eigenvalue weighted by molar-refractivity contribution is -0.394. The normalized spacial score (nSPS) is 14.6. The molecule has 0 aliphatic carbocycles. The second-order valence-corrected chi connectivity index (χ2v) is 6.05. The van der Waals surface area contributed by atoms with Crippen LogP contribution in [0.4, 0.5) is 11.4 Å². The minimum Gasteiger partial charge on any atom is -0.483 e. The van der Waals surface area contributed by atoms with Gasteiger partial charge in [0.25, 0.3) is 5.69 Å². The summed E-state index contributed by atoms with van der Waals surface area (Å²) in [5.74, 6) is 0.803. The minimum absolute atomic E-state index is 0.0766. The van der Waals surface area contributed by atoms with E-state index in [1.54, 1.807) is 12.1 Å². The van der Waals surface area contributed by atoms with Crippen molar-refractivity contribution in [1.82, 2.24) is 0 Å². The zero-order valence-electron chi connectivity index (χ0n) is 13.0. The van der Waals surface area contributed by atoms with Crippen molar-refractivity contribution in [3.8, 4) is 17.2 Å². The molecule has 0 bridgehead atoms. The maximum absolute atomic E-state index is 11.2. The van der Waals surface area contributed by atoms with Crippen LogP contribution >= 0.6 is 0 Å². The number of non-ortho nitro benzene ring substituents is 1. The largest absolute Gasteiger partial charge is 0.483 e. The Hall–Kier alpha value is -3.16. The summed E-state index contributed by atoms with van der Waals surface area (Å²) in [5, 5.41) is 22.0. The zero-order chi connectivity index (χ0) is 17.5. The van der Waals surface area contributed by atoms with Crippen LogP contribution in [-0.2, 0) is 6.42 Å². The summed E-state index contributed by atoms with van der Waals surface area (Å²) < 4.78 is 11.5. The molecule has 0 saturated heterocycles. The molecule has 2 aromatic rings. The Balaban J connectivity index is 2.00. The van der Waals surface area contributed by atoms with Crippen molar-refractivity contribution < 1.29 is 19.3 Å². The lowest BCUT2D eigenvalue weighted by atomic mass is 10.0. The van der Waals surface area contributed by atoms with Gasteiger partial charge in [0.15, 0.2) is 11.5 Å². The number of hydrogen-bond acceptors (Lipinski definition) is 6. The van der Waals surface area contributed by atoms with Gasteiger partial charge in [0.05, 0.1) is 15.9 Å². The molecular formula is C16H14N2O6. The molecule has 24 heavy (non-hydrogen) atoms. The van der Waals surface area contributed by atoms with E-state index in [9.17, 15) is 20.2 Å². The topological polar surface area (TPSA) is 105 Å². The number of ether oxygens (including phenoxy) is 2. The third kappa shape index (κ3) is 2.85. The first-order chi connectivity index (χ1) is 11.3. The first-order valence-electron chi connectivity index (χ1n) is 7.18. The Morgan fingerprint density at radius 3 is 2.50 bits per heavy atom. The molecule has 0 unspecified atom stereocenters. The first kappa shape index (κ1) is 15.7. The standard InChI is InChI=1S/C16H14N2O6/c1-16(2)9-10-4-3-5-14(15(10)24-16)23-13-7-6-11(17(19)20)8-12(13)18(21)22/h3-8H,9H2,1-2H3. The fourth-order valence-corrected chi connectivity index (χ4v) is 2.63. The van der Waals surface area contributed by atoms with E-state index in [2.05, 4.69) is 0 Å². The minimum atomic E-state index is -0.712. The maximum Gasteiger partial charge on any atom is 0.318 e. The first-order valence-corrected chi connectivity index (χ1v) is 7.18. The zero-order valence-corrected chi connectivity index (χ0v) is 13.0. The van der Waals surface area contributed by atoms with Crippen LogP contribution in [0.15, 0.2) is 36.4 Å². The molecule has 8 nitrogen and oxygen atoms in total. The highest BCUT2D eigenvalue weighted by Crippen LogP contribution is 2.45. The summed E-state index contributed by atoms with van der Waals surface area (Å²) in [6.07, 6.45) is 0.696. The van der Waals surface area contributed by atoms with E-state index < -0.39 is 15.5 Å². The smallest absolute Gasteiger partial charge is 0.318 e. The Bertz CT molecular complexity index is 846. The number of nitrogens with zero attached hydrogens (tertiary/aromatic N) is 2. The molecule has 124 valence electrons. The molecule has 1 aliphatic rings. The fraction of sp³-hybridized carbons (Fsp3) is 0.250. The SMILES string of the molecule is CC1(C)Cc2cccc(Oc3ccc([N+](=O)[O-])cc3[N+](=O)[O-])c2O1. The molecule has 8 heteroatoms. The van der Waals surface area contributed by atoms with Crippen LogP contribution < -0.4 is 9.47 Å². The van der Waals surface area contributed by atoms with Gasteiger partial charge in [-0.05, 0) is 26.0 Å². The molecule has 0 N–H and O–H groups in total. The highest BCUT2D eigenvalue weighted by atomic mass is 16.6. The number of fused-ring (bicyclic) bond motifs is 1. The van der Waals surface area contributed by atoms with Gasteiger partial charge < -0.3 is 9.47 Å². The Kier molecular flexibility index (Phi) is 3.59. The molecule has 0 fully saturated rings. The van der Waals surface area contributed by atoms with Gasteiger partial charge in [-0.3, -0.25) is 20.2 Å². The van der Waals surface area contributed by atoms with E-state index in [4.69, 9.17) is 9.47 Å². The maximum atomic E-state index is 11.2. The average Bonchev–Trinajstić information content (AvgIpc) is 2.82. The summed E-state index contributed by atoms with van der Waals surface area (Å²) in [7, 11) is 0. The molecule has 0 spiro atoms. The predicted molar refractivity (Wildman–Crippen MR) is 84.7 cm³/mol. The van der Waals surface area contributed by atoms with Crippen LogP contribution in [0.1, 0.15) is 19.4 Å². The summed E-state index contributed by atoms with van der Waals surface area (Å²) in [5.41, 5.74) is -0.283. The number of nitro groups is 2. The lowest BCUT2D eigenvalue weighted by Crippen LogP contribution is -2.24. The van der Waals surface area contributed by atoms with Crippen molar-refractivity contribution in [2.45, 2.75) is 25.9 Å². The van der Waals surface area contributed by atoms with Crippen molar-refractivity contribution in [3.63, 3.8) is 0 Å². The Labute approximate surface area is 136 Å². The van der Waals surface area contributed by atoms with E-state index in [0.29, 0.717) is 17.9 Å². The number of nitro benzene ring substituents is 2. The summed E-state index contributed by atoms with van der Waals surface area (Å²) >= 11 is 0. The van der Waals surface area contributed by atoms with Crippen LogP contribution in [0.5, 0.6) is 17.2 Å². The number of hydrogen-bond donors (Lipinski definition) is 0. The van der Waals surface area contributed by atoms with E-state index in [1.807, 2.05) is 19.9 Å². The van der Waals surface area contributed by atoms with Crippen molar-refractivity contribution in [2.24, 2.45) is 0 Å². The van der Waals surface area contributed by atoms with Gasteiger partial charge in [0.1, 0.15) is 5.60 Å². The Morgan fingerprint density at radius 1 is 1.08 bits per heavy atom. The van der Waals surface area contributed by atoms with Gasteiger partial charge in [-0.2, -0.15) is 0 Å². The van der Waals surface area contributed by atoms with Crippen molar-refractivity contribution >= 4 is 11.4 Å². The summed E-state index contributed by atoms with van der Waals surface area (Å²) in [4.78, 5) is 20.6. The van der Waals surface area contributed by atoms with Crippen molar-refractivity contribution in [1.29, 1.82) is 0 Å². The second kappa shape index (κ2) is 5.48. The van der Waals surface area contributed by atoms with Crippen LogP contribution in [0.25, 0.3) is 0 Å². The molecule has 1 aliphatic heterocycles. The molecule has 1 heterocycles. The van der Waals surface area contributed by atoms with Gasteiger partial charge >= 0.3 is 5.69 Å². The van der Waals surface area contributed by atoms with Gasteiger partial charge in [-0.15, -0.1) is 0 Å². The molecule has 0 amide bonds. The van der Waals surface area contributed by atoms with Crippen LogP contribution in [0.3, 0.4) is 0 Å². The van der Waals surface area contributed by atoms with Gasteiger partial charge in [-0.25, -0.2) is 0 Å². The lowest BCUT2D eigenvalue weighted by Gasteiger charge is -2.18. The highest BCUT2D eigenvalue weighted by molar-refractivity contribution is 5.57. The van der Waals surface area contributed by atoms with Crippen LogP contribution in [0, 0.1) is 20.2 Å². The Morgan fingerprint density at radius 2 is 1.83 bits per heavy atom. The number of para-hydroxylation sites is 1.